The van der Waals surface area contributed by atoms with E-state index in [1.54, 1.807) is 19.5 Å². The van der Waals surface area contributed by atoms with E-state index < -0.39 is 0 Å². The molecule has 0 aliphatic heterocycles. The Hall–Kier alpha value is -2.10. The van der Waals surface area contributed by atoms with E-state index in [9.17, 15) is 0 Å². The van der Waals surface area contributed by atoms with Gasteiger partial charge in [0.05, 0.1) is 19.5 Å². The zero-order chi connectivity index (χ0) is 12.4. The molecule has 1 unspecified atom stereocenters. The normalized spacial score (nSPS) is 16.6. The Kier molecular flexibility index (Phi) is 2.84. The SMILES string of the molecule is COc1cnc(NCC2Cc3ccccc32)nc1. The molecule has 0 amide bonds. The third-order valence-electron chi connectivity index (χ3n) is 3.33. The number of nitrogens with one attached hydrogen (secondary N) is 1. The highest BCUT2D eigenvalue weighted by atomic mass is 16.5. The van der Waals surface area contributed by atoms with Gasteiger partial charge in [-0.05, 0) is 17.5 Å². The number of methoxy groups -OCH3 is 1. The fourth-order valence-corrected chi connectivity index (χ4v) is 2.27. The number of rotatable bonds is 4. The van der Waals surface area contributed by atoms with Gasteiger partial charge in [-0.2, -0.15) is 0 Å². The van der Waals surface area contributed by atoms with Crippen LogP contribution in [0.3, 0.4) is 0 Å². The van der Waals surface area contributed by atoms with E-state index in [0.29, 0.717) is 17.6 Å². The molecule has 1 N–H and O–H groups in total. The van der Waals surface area contributed by atoms with E-state index in [0.717, 1.165) is 13.0 Å². The van der Waals surface area contributed by atoms with Gasteiger partial charge in [-0.15, -0.1) is 0 Å². The summed E-state index contributed by atoms with van der Waals surface area (Å²) in [5, 5.41) is 3.26. The summed E-state index contributed by atoms with van der Waals surface area (Å²) < 4.78 is 5.02. The molecule has 1 atom stereocenters. The van der Waals surface area contributed by atoms with Crippen LogP contribution >= 0.6 is 0 Å². The van der Waals surface area contributed by atoms with Gasteiger partial charge in [-0.25, -0.2) is 9.97 Å². The number of hydrogen-bond acceptors (Lipinski definition) is 4. The molecule has 3 rings (SSSR count). The molecule has 1 aromatic carbocycles. The monoisotopic (exact) mass is 241 g/mol. The molecule has 0 spiro atoms. The zero-order valence-corrected chi connectivity index (χ0v) is 10.3. The van der Waals surface area contributed by atoms with Crippen LogP contribution in [0, 0.1) is 0 Å². The molecule has 1 heterocycles. The van der Waals surface area contributed by atoms with Crippen molar-refractivity contribution in [2.45, 2.75) is 12.3 Å². The second-order valence-electron chi connectivity index (χ2n) is 4.43. The van der Waals surface area contributed by atoms with Crippen molar-refractivity contribution in [2.75, 3.05) is 19.0 Å². The Morgan fingerprint density at radius 1 is 1.28 bits per heavy atom. The van der Waals surface area contributed by atoms with Gasteiger partial charge in [0.1, 0.15) is 0 Å². The van der Waals surface area contributed by atoms with Crippen molar-refractivity contribution in [1.82, 2.24) is 9.97 Å². The third-order valence-corrected chi connectivity index (χ3v) is 3.33. The highest BCUT2D eigenvalue weighted by molar-refractivity contribution is 5.41. The fraction of sp³-hybridized carbons (Fsp3) is 0.286. The lowest BCUT2D eigenvalue weighted by Crippen LogP contribution is -2.24. The minimum absolute atomic E-state index is 0.576. The Balaban J connectivity index is 1.59. The Morgan fingerprint density at radius 2 is 2.06 bits per heavy atom. The molecule has 0 saturated carbocycles. The van der Waals surface area contributed by atoms with E-state index in [2.05, 4.69) is 39.6 Å². The van der Waals surface area contributed by atoms with E-state index >= 15 is 0 Å². The molecule has 18 heavy (non-hydrogen) atoms. The van der Waals surface area contributed by atoms with Crippen LogP contribution in [-0.4, -0.2) is 23.6 Å². The first kappa shape index (κ1) is 11.0. The predicted octanol–water partition coefficient (Wildman–Crippen LogP) is 2.24. The van der Waals surface area contributed by atoms with Crippen molar-refractivity contribution in [3.8, 4) is 5.75 Å². The average molecular weight is 241 g/mol. The first-order valence-electron chi connectivity index (χ1n) is 6.04. The smallest absolute Gasteiger partial charge is 0.222 e. The molecule has 4 nitrogen and oxygen atoms in total. The van der Waals surface area contributed by atoms with Crippen molar-refractivity contribution in [3.63, 3.8) is 0 Å². The summed E-state index contributed by atoms with van der Waals surface area (Å²) in [6.45, 7) is 0.878. The highest BCUT2D eigenvalue weighted by Gasteiger charge is 2.24. The maximum atomic E-state index is 5.02. The van der Waals surface area contributed by atoms with E-state index in [1.807, 2.05) is 0 Å². The van der Waals surface area contributed by atoms with E-state index in [4.69, 9.17) is 4.74 Å². The van der Waals surface area contributed by atoms with Gasteiger partial charge in [0.2, 0.25) is 5.95 Å². The van der Waals surface area contributed by atoms with Crippen molar-refractivity contribution in [3.05, 3.63) is 47.8 Å². The molecule has 1 aliphatic carbocycles. The molecule has 0 saturated heterocycles. The molecule has 4 heteroatoms. The van der Waals surface area contributed by atoms with Crippen LogP contribution in [0.15, 0.2) is 36.7 Å². The molecular formula is C14H15N3O. The fourth-order valence-electron chi connectivity index (χ4n) is 2.27. The number of hydrogen-bond donors (Lipinski definition) is 1. The number of ether oxygens (including phenoxy) is 1. The zero-order valence-electron chi connectivity index (χ0n) is 10.3. The number of anilines is 1. The lowest BCUT2D eigenvalue weighted by Gasteiger charge is -2.30. The second kappa shape index (κ2) is 4.64. The van der Waals surface area contributed by atoms with Gasteiger partial charge in [-0.1, -0.05) is 24.3 Å². The van der Waals surface area contributed by atoms with E-state index in [1.165, 1.54) is 11.1 Å². The summed E-state index contributed by atoms with van der Waals surface area (Å²) >= 11 is 0. The van der Waals surface area contributed by atoms with Gasteiger partial charge in [0, 0.05) is 12.5 Å². The number of fused-ring (bicyclic) bond motifs is 1. The summed E-state index contributed by atoms with van der Waals surface area (Å²) in [4.78, 5) is 8.38. The van der Waals surface area contributed by atoms with Crippen LogP contribution in [0.4, 0.5) is 5.95 Å². The predicted molar refractivity (Wildman–Crippen MR) is 70.0 cm³/mol. The number of benzene rings is 1. The van der Waals surface area contributed by atoms with Gasteiger partial charge >= 0.3 is 0 Å². The molecule has 92 valence electrons. The highest BCUT2D eigenvalue weighted by Crippen LogP contribution is 2.34. The summed E-state index contributed by atoms with van der Waals surface area (Å²) in [6.07, 6.45) is 4.48. The number of aromatic nitrogens is 2. The maximum Gasteiger partial charge on any atom is 0.222 e. The van der Waals surface area contributed by atoms with Crippen molar-refractivity contribution < 1.29 is 4.74 Å². The second-order valence-corrected chi connectivity index (χ2v) is 4.43. The van der Waals surface area contributed by atoms with Crippen LogP contribution in [0.25, 0.3) is 0 Å². The van der Waals surface area contributed by atoms with Crippen molar-refractivity contribution in [1.29, 1.82) is 0 Å². The lowest BCUT2D eigenvalue weighted by molar-refractivity contribution is 0.411. The third kappa shape index (κ3) is 2.01. The van der Waals surface area contributed by atoms with Crippen LogP contribution in [0.2, 0.25) is 0 Å². The lowest BCUT2D eigenvalue weighted by atomic mass is 9.78. The Bertz CT molecular complexity index is 539. The first-order valence-corrected chi connectivity index (χ1v) is 6.04. The van der Waals surface area contributed by atoms with Crippen LogP contribution in [0.5, 0.6) is 5.75 Å². The van der Waals surface area contributed by atoms with Crippen LogP contribution in [-0.2, 0) is 6.42 Å². The van der Waals surface area contributed by atoms with Gasteiger partial charge < -0.3 is 10.1 Å². The summed E-state index contributed by atoms with van der Waals surface area (Å²) in [5.74, 6) is 1.90. The summed E-state index contributed by atoms with van der Waals surface area (Å²) in [5.41, 5.74) is 2.90. The maximum absolute atomic E-state index is 5.02. The van der Waals surface area contributed by atoms with Crippen molar-refractivity contribution >= 4 is 5.95 Å². The molecular weight excluding hydrogens is 226 g/mol. The minimum Gasteiger partial charge on any atom is -0.494 e. The topological polar surface area (TPSA) is 47.0 Å². The number of nitrogens with zero attached hydrogens (tertiary/aromatic N) is 2. The average Bonchev–Trinajstić information content (AvgIpc) is 2.40. The van der Waals surface area contributed by atoms with Crippen LogP contribution in [0.1, 0.15) is 17.0 Å². The summed E-state index contributed by atoms with van der Waals surface area (Å²) in [6, 6.07) is 8.57. The first-order chi connectivity index (χ1) is 8.86. The van der Waals surface area contributed by atoms with Gasteiger partial charge in [-0.3, -0.25) is 0 Å². The van der Waals surface area contributed by atoms with Gasteiger partial charge in [0.25, 0.3) is 0 Å². The molecule has 1 aromatic heterocycles. The quantitative estimate of drug-likeness (QED) is 0.891. The largest absolute Gasteiger partial charge is 0.494 e. The Labute approximate surface area is 106 Å². The van der Waals surface area contributed by atoms with Crippen LogP contribution < -0.4 is 10.1 Å². The van der Waals surface area contributed by atoms with Crippen molar-refractivity contribution in [2.24, 2.45) is 0 Å². The summed E-state index contributed by atoms with van der Waals surface area (Å²) in [7, 11) is 1.61. The molecule has 0 fully saturated rings. The van der Waals surface area contributed by atoms with E-state index in [-0.39, 0.29) is 0 Å². The molecule has 1 aliphatic rings. The molecule has 0 radical (unpaired) electrons. The molecule has 0 bridgehead atoms. The minimum atomic E-state index is 0.576. The van der Waals surface area contributed by atoms with Gasteiger partial charge in [0.15, 0.2) is 5.75 Å². The Morgan fingerprint density at radius 3 is 2.78 bits per heavy atom. The molecule has 2 aromatic rings. The standard InChI is InChI=1S/C14H15N3O/c1-18-12-8-16-14(17-9-12)15-7-11-6-10-4-2-3-5-13(10)11/h2-5,8-9,11H,6-7H2,1H3,(H,15,16,17).